The lowest BCUT2D eigenvalue weighted by Crippen LogP contribution is -2.06. The Morgan fingerprint density at radius 3 is 0.891 bits per heavy atom. The highest BCUT2D eigenvalue weighted by molar-refractivity contribution is 4.62. The molecule has 0 saturated carbocycles. The van der Waals surface area contributed by atoms with Gasteiger partial charge in [0.05, 0.1) is 0 Å². The number of rotatable bonds is 26. The molecule has 46 heavy (non-hydrogen) atoms. The van der Waals surface area contributed by atoms with Gasteiger partial charge in [-0.25, -0.2) is 0 Å². The van der Waals surface area contributed by atoms with Gasteiger partial charge in [-0.3, -0.25) is 0 Å². The van der Waals surface area contributed by atoms with E-state index in [0.717, 1.165) is 47.3 Å². The fourth-order valence-corrected chi connectivity index (χ4v) is 6.39. The predicted octanol–water partition coefficient (Wildman–Crippen LogP) is 17.8. The van der Waals surface area contributed by atoms with Crippen LogP contribution in [0.3, 0.4) is 0 Å². The highest BCUT2D eigenvalue weighted by Crippen LogP contribution is 2.23. The van der Waals surface area contributed by atoms with Gasteiger partial charge in [0.25, 0.3) is 0 Å². The Hall–Kier alpha value is 0. The van der Waals surface area contributed by atoms with Gasteiger partial charge in [-0.05, 0) is 60.2 Å². The third-order valence-electron chi connectivity index (χ3n) is 9.42. The van der Waals surface area contributed by atoms with Gasteiger partial charge in [0, 0.05) is 0 Å². The molecule has 0 rings (SSSR count). The summed E-state index contributed by atoms with van der Waals surface area (Å²) in [7, 11) is 0. The van der Waals surface area contributed by atoms with Gasteiger partial charge < -0.3 is 0 Å². The molecule has 284 valence electrons. The molecule has 0 heterocycles. The molecule has 0 fully saturated rings. The molecule has 0 aromatic carbocycles. The summed E-state index contributed by atoms with van der Waals surface area (Å²) in [5.41, 5.74) is 0. The van der Waals surface area contributed by atoms with E-state index in [1.54, 1.807) is 0 Å². The molecule has 0 bridgehead atoms. The van der Waals surface area contributed by atoms with Crippen LogP contribution in [-0.2, 0) is 0 Å². The molecule has 0 saturated heterocycles. The van der Waals surface area contributed by atoms with Crippen LogP contribution in [0.1, 0.15) is 252 Å². The molecule has 0 aliphatic heterocycles. The molecule has 0 aromatic rings. The van der Waals surface area contributed by atoms with Gasteiger partial charge in [-0.15, -0.1) is 0 Å². The molecule has 4 unspecified atom stereocenters. The summed E-state index contributed by atoms with van der Waals surface area (Å²) in [5.74, 6) is 7.34. The van der Waals surface area contributed by atoms with Gasteiger partial charge in [0.15, 0.2) is 0 Å². The van der Waals surface area contributed by atoms with Gasteiger partial charge >= 0.3 is 0 Å². The first-order valence-electron chi connectivity index (χ1n) is 21.7. The standard InChI is InChI=1S/2C13H28.C12H26.C8H18/c1-6-7-8-12(4)10-13(5)9-11(2)3;1-5-6-7-10-13(4)11-8-9-12(2)3;1-5-6-9-12(4)10-7-8-11(2)3;1-4-5-6-7-8(2)3/h11-13H,6-10H2,1-5H3;12-13H,5-11H2,1-4H3;11-12H,5-10H2,1-4H3;8H,4-7H2,1-3H3. The van der Waals surface area contributed by atoms with E-state index in [9.17, 15) is 0 Å². The molecular weight excluding hydrogens is 553 g/mol. The van der Waals surface area contributed by atoms with E-state index < -0.39 is 0 Å². The fraction of sp³-hybridized carbons (Fsp3) is 1.00. The average molecular weight is 653 g/mol. The van der Waals surface area contributed by atoms with E-state index >= 15 is 0 Å². The third-order valence-corrected chi connectivity index (χ3v) is 9.42. The molecule has 0 amide bonds. The van der Waals surface area contributed by atoms with Gasteiger partial charge in [0.2, 0.25) is 0 Å². The zero-order chi connectivity index (χ0) is 36.2. The Labute approximate surface area is 298 Å². The lowest BCUT2D eigenvalue weighted by molar-refractivity contribution is 0.339. The van der Waals surface area contributed by atoms with Crippen LogP contribution in [0.15, 0.2) is 0 Å². The Kier molecular flexibility index (Phi) is 47.3. The molecule has 0 spiro atoms. The largest absolute Gasteiger partial charge is 0.0654 e. The van der Waals surface area contributed by atoms with Crippen LogP contribution in [-0.4, -0.2) is 0 Å². The highest BCUT2D eigenvalue weighted by atomic mass is 14.2. The van der Waals surface area contributed by atoms with E-state index in [4.69, 9.17) is 0 Å². The molecular formula is C46H100. The van der Waals surface area contributed by atoms with Crippen molar-refractivity contribution in [3.8, 4) is 0 Å². The summed E-state index contributed by atoms with van der Waals surface area (Å²) in [4.78, 5) is 0. The first-order valence-corrected chi connectivity index (χ1v) is 21.7. The summed E-state index contributed by atoms with van der Waals surface area (Å²) >= 11 is 0. The van der Waals surface area contributed by atoms with Gasteiger partial charge in [-0.2, -0.15) is 0 Å². The smallest absolute Gasteiger partial charge is 0.0438 e. The zero-order valence-electron chi connectivity index (χ0n) is 36.2. The summed E-state index contributed by atoms with van der Waals surface area (Å²) in [6, 6.07) is 0. The van der Waals surface area contributed by atoms with Crippen molar-refractivity contribution in [3.05, 3.63) is 0 Å². The van der Waals surface area contributed by atoms with E-state index in [1.165, 1.54) is 141 Å². The minimum Gasteiger partial charge on any atom is -0.0654 e. The minimum atomic E-state index is 0.869. The number of hydrogen-bond donors (Lipinski definition) is 0. The SMILES string of the molecule is CCCCC(C)CC(C)CC(C)C.CCCCC(C)CCCC(C)C.CCCCCC(C)C.CCCCCC(C)CCCC(C)C. The number of hydrogen-bond acceptors (Lipinski definition) is 0. The number of unbranched alkanes of at least 4 members (excludes halogenated alkanes) is 6. The molecule has 0 aromatic heterocycles. The Morgan fingerprint density at radius 2 is 0.543 bits per heavy atom. The average Bonchev–Trinajstić information content (AvgIpc) is 2.95. The third kappa shape index (κ3) is 56.3. The van der Waals surface area contributed by atoms with Crippen molar-refractivity contribution in [2.45, 2.75) is 252 Å². The van der Waals surface area contributed by atoms with Gasteiger partial charge in [-0.1, -0.05) is 239 Å². The summed E-state index contributed by atoms with van der Waals surface area (Å²) < 4.78 is 0. The van der Waals surface area contributed by atoms with Crippen molar-refractivity contribution in [1.82, 2.24) is 0 Å². The fourth-order valence-electron chi connectivity index (χ4n) is 6.39. The van der Waals surface area contributed by atoms with Gasteiger partial charge in [0.1, 0.15) is 0 Å². The Morgan fingerprint density at radius 1 is 0.239 bits per heavy atom. The van der Waals surface area contributed by atoms with Crippen molar-refractivity contribution in [2.75, 3.05) is 0 Å². The van der Waals surface area contributed by atoms with E-state index in [1.807, 2.05) is 0 Å². The van der Waals surface area contributed by atoms with Crippen LogP contribution < -0.4 is 0 Å². The lowest BCUT2D eigenvalue weighted by atomic mass is 9.88. The van der Waals surface area contributed by atoms with Crippen LogP contribution in [0.2, 0.25) is 0 Å². The maximum Gasteiger partial charge on any atom is -0.0438 e. The van der Waals surface area contributed by atoms with Crippen molar-refractivity contribution in [3.63, 3.8) is 0 Å². The quantitative estimate of drug-likeness (QED) is 0.0816. The zero-order valence-corrected chi connectivity index (χ0v) is 36.2. The molecule has 0 aliphatic rings. The molecule has 4 atom stereocenters. The second kappa shape index (κ2) is 41.2. The Balaban J connectivity index is -0.000000259. The van der Waals surface area contributed by atoms with Crippen LogP contribution in [0.5, 0.6) is 0 Å². The predicted molar refractivity (Wildman–Crippen MR) is 220 cm³/mol. The van der Waals surface area contributed by atoms with Crippen LogP contribution in [0, 0.1) is 47.3 Å². The first-order chi connectivity index (χ1) is 21.7. The summed E-state index contributed by atoms with van der Waals surface area (Å²) in [6.45, 7) is 37.2. The van der Waals surface area contributed by atoms with E-state index in [-0.39, 0.29) is 0 Å². The monoisotopic (exact) mass is 653 g/mol. The van der Waals surface area contributed by atoms with Crippen molar-refractivity contribution in [2.24, 2.45) is 47.3 Å². The second-order valence-electron chi connectivity index (χ2n) is 17.6. The maximum atomic E-state index is 2.41. The summed E-state index contributed by atoms with van der Waals surface area (Å²) in [5, 5.41) is 0. The van der Waals surface area contributed by atoms with Crippen LogP contribution in [0.4, 0.5) is 0 Å². The lowest BCUT2D eigenvalue weighted by Gasteiger charge is -2.18. The molecule has 0 aliphatic carbocycles. The normalized spacial score (nSPS) is 13.8. The van der Waals surface area contributed by atoms with Crippen molar-refractivity contribution >= 4 is 0 Å². The van der Waals surface area contributed by atoms with E-state index in [0.29, 0.717) is 0 Å². The molecule has 0 heteroatoms. The van der Waals surface area contributed by atoms with Crippen LogP contribution in [0.25, 0.3) is 0 Å². The Bertz CT molecular complexity index is 500. The van der Waals surface area contributed by atoms with Crippen molar-refractivity contribution < 1.29 is 0 Å². The van der Waals surface area contributed by atoms with E-state index in [2.05, 4.69) is 111 Å². The molecule has 0 N–H and O–H groups in total. The second-order valence-corrected chi connectivity index (χ2v) is 17.6. The topological polar surface area (TPSA) is 0 Å². The highest BCUT2D eigenvalue weighted by Gasteiger charge is 2.10. The summed E-state index contributed by atoms with van der Waals surface area (Å²) in [6.07, 6.45) is 31.1. The minimum absolute atomic E-state index is 0.869. The molecule has 0 nitrogen and oxygen atoms in total. The molecule has 0 radical (unpaired) electrons. The van der Waals surface area contributed by atoms with Crippen molar-refractivity contribution in [1.29, 1.82) is 0 Å². The first kappa shape index (κ1) is 52.8. The maximum absolute atomic E-state index is 2.41. The van der Waals surface area contributed by atoms with Crippen LogP contribution >= 0.6 is 0 Å².